The molecule has 1 atom stereocenters. The molecule has 4 amide bonds. The highest BCUT2D eigenvalue weighted by atomic mass is 35.5. The van der Waals surface area contributed by atoms with Gasteiger partial charge >= 0.3 is 12.2 Å². The summed E-state index contributed by atoms with van der Waals surface area (Å²) < 4.78 is 36.2. The van der Waals surface area contributed by atoms with Gasteiger partial charge in [-0.25, -0.2) is 4.79 Å². The number of alkyl halides is 3. The summed E-state index contributed by atoms with van der Waals surface area (Å²) in [5.74, 6) is -1.87. The molecule has 1 aromatic rings. The number of urea groups is 1. The van der Waals surface area contributed by atoms with E-state index in [1.807, 2.05) is 0 Å². The highest BCUT2D eigenvalue weighted by Gasteiger charge is 2.50. The zero-order chi connectivity index (χ0) is 18.1. The predicted molar refractivity (Wildman–Crippen MR) is 78.1 cm³/mol. The number of rotatable bonds is 4. The van der Waals surface area contributed by atoms with E-state index in [4.69, 9.17) is 11.6 Å². The number of carbonyl (C=O) groups is 3. The van der Waals surface area contributed by atoms with Crippen molar-refractivity contribution in [2.45, 2.75) is 18.6 Å². The summed E-state index contributed by atoms with van der Waals surface area (Å²) in [6, 6.07) is 5.43. The van der Waals surface area contributed by atoms with Gasteiger partial charge in [-0.05, 0) is 13.0 Å². The second kappa shape index (κ2) is 6.31. The van der Waals surface area contributed by atoms with Crippen LogP contribution in [0.5, 0.6) is 0 Å². The number of benzene rings is 1. The third kappa shape index (κ3) is 3.61. The Balaban J connectivity index is 2.15. The minimum Gasteiger partial charge on any atom is -0.345 e. The first-order valence-electron chi connectivity index (χ1n) is 6.77. The number of nitrogens with zero attached hydrogens (tertiary/aromatic N) is 1. The van der Waals surface area contributed by atoms with Gasteiger partial charge in [-0.2, -0.15) is 13.2 Å². The summed E-state index contributed by atoms with van der Waals surface area (Å²) in [6.07, 6.45) is -4.58. The molecular weight excluding hydrogens is 351 g/mol. The average molecular weight is 364 g/mol. The number of hydrogen-bond donors (Lipinski definition) is 2. The molecule has 1 aromatic carbocycles. The van der Waals surface area contributed by atoms with Crippen LogP contribution in [0.15, 0.2) is 24.3 Å². The van der Waals surface area contributed by atoms with Crippen molar-refractivity contribution in [3.63, 3.8) is 0 Å². The van der Waals surface area contributed by atoms with Gasteiger partial charge in [-0.15, -0.1) is 0 Å². The van der Waals surface area contributed by atoms with Gasteiger partial charge in [0.2, 0.25) is 5.91 Å². The highest BCUT2D eigenvalue weighted by Crippen LogP contribution is 2.33. The van der Waals surface area contributed by atoms with Crippen molar-refractivity contribution in [1.29, 1.82) is 0 Å². The molecule has 0 aromatic heterocycles. The summed E-state index contributed by atoms with van der Waals surface area (Å²) in [6.45, 7) is -0.958. The summed E-state index contributed by atoms with van der Waals surface area (Å²) in [4.78, 5) is 36.6. The lowest BCUT2D eigenvalue weighted by Gasteiger charge is -2.23. The topological polar surface area (TPSA) is 78.5 Å². The SMILES string of the molecule is C[C@@]1(c2ccccc2Cl)NC(=O)N(CC(=O)NCC(F)(F)F)C1=O. The van der Waals surface area contributed by atoms with Gasteiger partial charge in [-0.1, -0.05) is 29.8 Å². The van der Waals surface area contributed by atoms with E-state index in [9.17, 15) is 27.6 Å². The van der Waals surface area contributed by atoms with Crippen LogP contribution in [0, 0.1) is 0 Å². The van der Waals surface area contributed by atoms with Crippen molar-refractivity contribution in [3.8, 4) is 0 Å². The molecule has 2 rings (SSSR count). The van der Waals surface area contributed by atoms with Crippen LogP contribution in [0.1, 0.15) is 12.5 Å². The molecule has 1 fully saturated rings. The number of carbonyl (C=O) groups excluding carboxylic acids is 3. The van der Waals surface area contributed by atoms with Crippen molar-refractivity contribution in [2.24, 2.45) is 0 Å². The molecule has 2 N–H and O–H groups in total. The molecule has 0 radical (unpaired) electrons. The lowest BCUT2D eigenvalue weighted by atomic mass is 9.92. The maximum atomic E-state index is 12.5. The standard InChI is InChI=1S/C14H13ClF3N3O3/c1-13(8-4-2-3-5-9(8)15)11(23)21(12(24)20-13)6-10(22)19-7-14(16,17)18/h2-5H,6-7H2,1H3,(H,19,22)(H,20,24)/t13-/m0/s1. The van der Waals surface area contributed by atoms with Crippen molar-refractivity contribution in [2.75, 3.05) is 13.1 Å². The maximum Gasteiger partial charge on any atom is 0.405 e. The highest BCUT2D eigenvalue weighted by molar-refractivity contribution is 6.32. The number of hydrogen-bond acceptors (Lipinski definition) is 3. The molecule has 24 heavy (non-hydrogen) atoms. The van der Waals surface area contributed by atoms with Crippen LogP contribution in [0.2, 0.25) is 5.02 Å². The molecule has 0 unspecified atom stereocenters. The van der Waals surface area contributed by atoms with Crippen LogP contribution in [-0.2, 0) is 15.1 Å². The van der Waals surface area contributed by atoms with Crippen LogP contribution in [0.4, 0.5) is 18.0 Å². The molecule has 1 aliphatic rings. The van der Waals surface area contributed by atoms with Crippen LogP contribution < -0.4 is 10.6 Å². The van der Waals surface area contributed by atoms with E-state index >= 15 is 0 Å². The number of nitrogens with one attached hydrogen (secondary N) is 2. The Hall–Kier alpha value is -2.29. The third-order valence-corrected chi connectivity index (χ3v) is 3.80. The second-order valence-corrected chi connectivity index (χ2v) is 5.73. The van der Waals surface area contributed by atoms with E-state index in [1.165, 1.54) is 19.1 Å². The van der Waals surface area contributed by atoms with Crippen molar-refractivity contribution >= 4 is 29.4 Å². The Morgan fingerprint density at radius 2 is 1.96 bits per heavy atom. The average Bonchev–Trinajstić information content (AvgIpc) is 2.69. The van der Waals surface area contributed by atoms with E-state index in [1.54, 1.807) is 17.4 Å². The van der Waals surface area contributed by atoms with Crippen molar-refractivity contribution < 1.29 is 27.6 Å². The predicted octanol–water partition coefficient (Wildman–Crippen LogP) is 1.79. The zero-order valence-electron chi connectivity index (χ0n) is 12.4. The van der Waals surface area contributed by atoms with E-state index in [2.05, 4.69) is 5.32 Å². The first-order valence-corrected chi connectivity index (χ1v) is 7.15. The molecular formula is C14H13ClF3N3O3. The number of amides is 4. The molecule has 0 spiro atoms. The minimum atomic E-state index is -4.58. The quantitative estimate of drug-likeness (QED) is 0.800. The molecule has 0 saturated carbocycles. The van der Waals surface area contributed by atoms with Gasteiger partial charge in [0, 0.05) is 10.6 Å². The molecule has 130 valence electrons. The summed E-state index contributed by atoms with van der Waals surface area (Å²) in [5, 5.41) is 4.25. The van der Waals surface area contributed by atoms with E-state index < -0.39 is 42.7 Å². The Bertz CT molecular complexity index is 695. The molecule has 0 bridgehead atoms. The molecule has 1 aliphatic heterocycles. The van der Waals surface area contributed by atoms with Crippen molar-refractivity contribution in [3.05, 3.63) is 34.9 Å². The molecule has 6 nitrogen and oxygen atoms in total. The molecule has 1 saturated heterocycles. The van der Waals surface area contributed by atoms with Crippen LogP contribution in [-0.4, -0.2) is 42.0 Å². The van der Waals surface area contributed by atoms with Crippen LogP contribution in [0.25, 0.3) is 0 Å². The Kier molecular flexibility index (Phi) is 4.75. The van der Waals surface area contributed by atoms with Gasteiger partial charge in [-0.3, -0.25) is 14.5 Å². The van der Waals surface area contributed by atoms with Crippen LogP contribution >= 0.6 is 11.6 Å². The first kappa shape index (κ1) is 18.1. The Morgan fingerprint density at radius 3 is 2.54 bits per heavy atom. The van der Waals surface area contributed by atoms with Crippen LogP contribution in [0.3, 0.4) is 0 Å². The van der Waals surface area contributed by atoms with Gasteiger partial charge in [0.15, 0.2) is 0 Å². The maximum absolute atomic E-state index is 12.5. The zero-order valence-corrected chi connectivity index (χ0v) is 13.2. The number of imide groups is 1. The third-order valence-electron chi connectivity index (χ3n) is 3.48. The van der Waals surface area contributed by atoms with E-state index in [0.29, 0.717) is 10.5 Å². The van der Waals surface area contributed by atoms with E-state index in [0.717, 1.165) is 0 Å². The Labute approximate surface area is 139 Å². The first-order chi connectivity index (χ1) is 11.0. The van der Waals surface area contributed by atoms with E-state index in [-0.39, 0.29) is 5.02 Å². The Morgan fingerprint density at radius 1 is 1.33 bits per heavy atom. The minimum absolute atomic E-state index is 0.233. The van der Waals surface area contributed by atoms with Gasteiger partial charge in [0.05, 0.1) is 0 Å². The normalized spacial score (nSPS) is 21.0. The monoisotopic (exact) mass is 363 g/mol. The summed E-state index contributed by atoms with van der Waals surface area (Å²) >= 11 is 6.03. The number of halogens is 4. The molecule has 10 heteroatoms. The fraction of sp³-hybridized carbons (Fsp3) is 0.357. The second-order valence-electron chi connectivity index (χ2n) is 5.32. The molecule has 0 aliphatic carbocycles. The lowest BCUT2D eigenvalue weighted by molar-refractivity contribution is -0.141. The van der Waals surface area contributed by atoms with Crippen molar-refractivity contribution in [1.82, 2.24) is 15.5 Å². The fourth-order valence-electron chi connectivity index (χ4n) is 2.29. The largest absolute Gasteiger partial charge is 0.405 e. The molecule has 1 heterocycles. The summed E-state index contributed by atoms with van der Waals surface area (Å²) in [7, 11) is 0. The van der Waals surface area contributed by atoms with Gasteiger partial charge in [0.1, 0.15) is 18.6 Å². The smallest absolute Gasteiger partial charge is 0.345 e. The van der Waals surface area contributed by atoms with Gasteiger partial charge in [0.25, 0.3) is 5.91 Å². The lowest BCUT2D eigenvalue weighted by Crippen LogP contribution is -2.44. The van der Waals surface area contributed by atoms with Gasteiger partial charge < -0.3 is 10.6 Å². The summed E-state index contributed by atoms with van der Waals surface area (Å²) in [5.41, 5.74) is -1.18. The fourth-order valence-corrected chi connectivity index (χ4v) is 2.61.